The number of carbonyl (C=O) groups excluding carboxylic acids is 1. The Bertz CT molecular complexity index is 775. The van der Waals surface area contributed by atoms with E-state index in [4.69, 9.17) is 0 Å². The maximum absolute atomic E-state index is 12.8. The highest BCUT2D eigenvalue weighted by molar-refractivity contribution is 7.89. The van der Waals surface area contributed by atoms with Crippen molar-refractivity contribution < 1.29 is 23.0 Å². The normalized spacial score (nSPS) is 17.4. The smallest absolute Gasteiger partial charge is 0.289 e. The zero-order valence-electron chi connectivity index (χ0n) is 15.7. The lowest BCUT2D eigenvalue weighted by atomic mass is 10.2. The van der Waals surface area contributed by atoms with Crippen LogP contribution >= 0.6 is 0 Å². The van der Waals surface area contributed by atoms with E-state index >= 15 is 0 Å². The summed E-state index contributed by atoms with van der Waals surface area (Å²) in [6, 6.07) is 5.49. The Kier molecular flexibility index (Phi) is 7.28. The number of hydrogen-bond acceptors (Lipinski definition) is 5. The van der Waals surface area contributed by atoms with Gasteiger partial charge in [0.05, 0.1) is 31.1 Å². The molecule has 0 aliphatic carbocycles. The molecule has 0 spiro atoms. The molecule has 1 aliphatic rings. The Labute approximate surface area is 159 Å². The highest BCUT2D eigenvalue weighted by Gasteiger charge is 2.35. The molecule has 2 N–H and O–H groups in total. The van der Waals surface area contributed by atoms with Gasteiger partial charge in [0.1, 0.15) is 0 Å². The number of rotatable bonds is 8. The molecule has 2 rings (SSSR count). The number of nitrogens with one attached hydrogen (secondary N) is 2. The third kappa shape index (κ3) is 5.47. The molecular weight excluding hydrogens is 372 g/mol. The van der Waals surface area contributed by atoms with Crippen molar-refractivity contribution in [3.63, 3.8) is 0 Å². The largest absolute Gasteiger partial charge is 0.349 e. The van der Waals surface area contributed by atoms with Crippen LogP contribution in [-0.4, -0.2) is 62.3 Å². The van der Waals surface area contributed by atoms with Crippen LogP contribution in [0.3, 0.4) is 0 Å². The lowest BCUT2D eigenvalue weighted by Crippen LogP contribution is -3.15. The third-order valence-electron chi connectivity index (χ3n) is 4.65. The average Bonchev–Trinajstić information content (AvgIpc) is 2.62. The first-order valence-corrected chi connectivity index (χ1v) is 10.6. The number of amides is 1. The standard InChI is InChI=1S/C17H26N4O5S/c1-3-6-14(2)18-17(22)13-19-9-11-20(12-10-19)27(25,26)16-8-5-4-7-15(16)21(23)24/h4-5,7-8,14H,3,6,9-13H2,1-2H3,(H,18,22)/p+1/t14-/m0/s1. The van der Waals surface area contributed by atoms with E-state index < -0.39 is 20.6 Å². The van der Waals surface area contributed by atoms with Crippen molar-refractivity contribution in [3.8, 4) is 0 Å². The number of quaternary nitrogens is 1. The van der Waals surface area contributed by atoms with Crippen molar-refractivity contribution in [1.29, 1.82) is 0 Å². The van der Waals surface area contributed by atoms with Gasteiger partial charge in [-0.3, -0.25) is 14.9 Å². The van der Waals surface area contributed by atoms with E-state index in [2.05, 4.69) is 12.2 Å². The van der Waals surface area contributed by atoms with Crippen molar-refractivity contribution >= 4 is 21.6 Å². The molecule has 10 heteroatoms. The molecule has 0 unspecified atom stereocenters. The van der Waals surface area contributed by atoms with E-state index in [0.29, 0.717) is 19.6 Å². The fourth-order valence-corrected chi connectivity index (χ4v) is 4.84. The molecule has 1 fully saturated rings. The third-order valence-corrected chi connectivity index (χ3v) is 6.59. The van der Waals surface area contributed by atoms with E-state index in [1.807, 2.05) is 6.92 Å². The lowest BCUT2D eigenvalue weighted by Gasteiger charge is -2.31. The van der Waals surface area contributed by atoms with Crippen LogP contribution < -0.4 is 10.2 Å². The molecule has 1 aromatic rings. The summed E-state index contributed by atoms with van der Waals surface area (Å²) in [6.45, 7) is 5.74. The molecule has 0 saturated carbocycles. The minimum absolute atomic E-state index is 0.0408. The SMILES string of the molecule is CCC[C@H](C)NC(=O)C[NH+]1CCN(S(=O)(=O)c2ccccc2[N+](=O)[O-])CC1. The van der Waals surface area contributed by atoms with E-state index in [1.54, 1.807) is 0 Å². The molecule has 1 atom stereocenters. The zero-order valence-corrected chi connectivity index (χ0v) is 16.5. The molecule has 0 aromatic heterocycles. The van der Waals surface area contributed by atoms with Crippen molar-refractivity contribution in [2.75, 3.05) is 32.7 Å². The van der Waals surface area contributed by atoms with Gasteiger partial charge in [-0.1, -0.05) is 25.5 Å². The van der Waals surface area contributed by atoms with Gasteiger partial charge in [0.15, 0.2) is 11.4 Å². The summed E-state index contributed by atoms with van der Waals surface area (Å²) in [7, 11) is -3.94. The molecule has 1 aliphatic heterocycles. The molecule has 0 radical (unpaired) electrons. The van der Waals surface area contributed by atoms with Crippen molar-refractivity contribution in [2.45, 2.75) is 37.6 Å². The molecule has 150 valence electrons. The summed E-state index contributed by atoms with van der Waals surface area (Å²) >= 11 is 0. The molecular formula is C17H27N4O5S+. The van der Waals surface area contributed by atoms with Crippen LogP contribution in [0, 0.1) is 10.1 Å². The Balaban J connectivity index is 1.97. The highest BCUT2D eigenvalue weighted by atomic mass is 32.2. The number of nitro groups is 1. The van der Waals surface area contributed by atoms with Gasteiger partial charge >= 0.3 is 0 Å². The number of sulfonamides is 1. The number of nitro benzene ring substituents is 1. The highest BCUT2D eigenvalue weighted by Crippen LogP contribution is 2.26. The number of hydrogen-bond donors (Lipinski definition) is 2. The number of carbonyl (C=O) groups is 1. The number of benzene rings is 1. The molecule has 9 nitrogen and oxygen atoms in total. The van der Waals surface area contributed by atoms with Crippen molar-refractivity contribution in [3.05, 3.63) is 34.4 Å². The van der Waals surface area contributed by atoms with E-state index in [0.717, 1.165) is 17.7 Å². The second kappa shape index (κ2) is 9.25. The maximum Gasteiger partial charge on any atom is 0.289 e. The molecule has 27 heavy (non-hydrogen) atoms. The molecule has 1 aromatic carbocycles. The first kappa shape index (κ1) is 21.3. The Morgan fingerprint density at radius 1 is 1.33 bits per heavy atom. The number of nitrogens with zero attached hydrogens (tertiary/aromatic N) is 2. The minimum Gasteiger partial charge on any atom is -0.349 e. The van der Waals surface area contributed by atoms with Crippen LogP contribution in [0.25, 0.3) is 0 Å². The van der Waals surface area contributed by atoms with Gasteiger partial charge in [-0.05, 0) is 19.4 Å². The Morgan fingerprint density at radius 3 is 2.56 bits per heavy atom. The first-order chi connectivity index (χ1) is 12.8. The summed E-state index contributed by atoms with van der Waals surface area (Å²) in [6.07, 6.45) is 1.92. The van der Waals surface area contributed by atoms with E-state index in [-0.39, 0.29) is 29.9 Å². The van der Waals surface area contributed by atoms with Crippen LogP contribution in [0.1, 0.15) is 26.7 Å². The van der Waals surface area contributed by atoms with Gasteiger partial charge < -0.3 is 10.2 Å². The molecule has 1 saturated heterocycles. The maximum atomic E-state index is 12.8. The summed E-state index contributed by atoms with van der Waals surface area (Å²) in [4.78, 5) is 23.2. The van der Waals surface area contributed by atoms with Crippen molar-refractivity contribution in [2.24, 2.45) is 0 Å². The Hall–Kier alpha value is -2.04. The van der Waals surface area contributed by atoms with Crippen LogP contribution in [-0.2, 0) is 14.8 Å². The van der Waals surface area contributed by atoms with Gasteiger partial charge in [-0.25, -0.2) is 8.42 Å². The fraction of sp³-hybridized carbons (Fsp3) is 0.588. The van der Waals surface area contributed by atoms with Gasteiger partial charge in [0, 0.05) is 12.1 Å². The summed E-state index contributed by atoms with van der Waals surface area (Å²) in [5.41, 5.74) is -0.420. The number of piperazine rings is 1. The van der Waals surface area contributed by atoms with Crippen LogP contribution in [0.2, 0.25) is 0 Å². The van der Waals surface area contributed by atoms with E-state index in [1.165, 1.54) is 28.6 Å². The second-order valence-electron chi connectivity index (χ2n) is 6.81. The van der Waals surface area contributed by atoms with Gasteiger partial charge in [-0.15, -0.1) is 0 Å². The molecule has 1 heterocycles. The molecule has 1 amide bonds. The summed E-state index contributed by atoms with van der Waals surface area (Å²) < 4.78 is 26.8. The topological polar surface area (TPSA) is 114 Å². The van der Waals surface area contributed by atoms with Gasteiger partial charge in [0.2, 0.25) is 10.0 Å². The summed E-state index contributed by atoms with van der Waals surface area (Å²) in [5, 5.41) is 14.1. The monoisotopic (exact) mass is 399 g/mol. The van der Waals surface area contributed by atoms with Crippen LogP contribution in [0.5, 0.6) is 0 Å². The average molecular weight is 399 g/mol. The summed E-state index contributed by atoms with van der Waals surface area (Å²) in [5.74, 6) is -0.0408. The second-order valence-corrected chi connectivity index (χ2v) is 8.72. The van der Waals surface area contributed by atoms with E-state index in [9.17, 15) is 23.3 Å². The number of para-hydroxylation sites is 1. The van der Waals surface area contributed by atoms with Crippen LogP contribution in [0.15, 0.2) is 29.2 Å². The van der Waals surface area contributed by atoms with Gasteiger partial charge in [0.25, 0.3) is 11.6 Å². The lowest BCUT2D eigenvalue weighted by molar-refractivity contribution is -0.895. The Morgan fingerprint density at radius 2 is 1.96 bits per heavy atom. The van der Waals surface area contributed by atoms with Crippen LogP contribution in [0.4, 0.5) is 5.69 Å². The fourth-order valence-electron chi connectivity index (χ4n) is 3.24. The minimum atomic E-state index is -3.94. The first-order valence-electron chi connectivity index (χ1n) is 9.12. The van der Waals surface area contributed by atoms with Crippen molar-refractivity contribution in [1.82, 2.24) is 9.62 Å². The van der Waals surface area contributed by atoms with Gasteiger partial charge in [-0.2, -0.15) is 4.31 Å². The quantitative estimate of drug-likeness (QED) is 0.464. The predicted octanol–water partition coefficient (Wildman–Crippen LogP) is -0.211. The molecule has 0 bridgehead atoms. The predicted molar refractivity (Wildman–Crippen MR) is 99.9 cm³/mol. The zero-order chi connectivity index (χ0) is 20.0.